The fourth-order valence-corrected chi connectivity index (χ4v) is 2.31. The number of aromatic nitrogens is 1. The minimum atomic E-state index is -1.07. The van der Waals surface area contributed by atoms with Gasteiger partial charge in [-0.05, 0) is 23.8 Å². The van der Waals surface area contributed by atoms with Crippen LogP contribution in [0.5, 0.6) is 0 Å². The number of nitrogens with zero attached hydrogens (tertiary/aromatic N) is 1. The van der Waals surface area contributed by atoms with Crippen molar-refractivity contribution >= 4 is 40.8 Å². The molecular weight excluding hydrogens is 328 g/mol. The van der Waals surface area contributed by atoms with Crippen LogP contribution >= 0.6 is 34.8 Å². The molecule has 0 fully saturated rings. The van der Waals surface area contributed by atoms with Crippen molar-refractivity contribution in [2.75, 3.05) is 0 Å². The second-order valence-electron chi connectivity index (χ2n) is 3.97. The van der Waals surface area contributed by atoms with Crippen LogP contribution < -0.4 is 0 Å². The Morgan fingerprint density at radius 1 is 1.20 bits per heavy atom. The van der Waals surface area contributed by atoms with E-state index in [4.69, 9.17) is 39.9 Å². The molecule has 0 unspecified atom stereocenters. The second kappa shape index (κ2) is 5.95. The van der Waals surface area contributed by atoms with Gasteiger partial charge in [0.1, 0.15) is 5.82 Å². The molecule has 0 saturated carbocycles. The van der Waals surface area contributed by atoms with Gasteiger partial charge >= 0.3 is 5.97 Å². The van der Waals surface area contributed by atoms with E-state index in [-0.39, 0.29) is 27.2 Å². The molecule has 0 radical (unpaired) electrons. The molecule has 1 aromatic carbocycles. The fourth-order valence-electron chi connectivity index (χ4n) is 1.71. The summed E-state index contributed by atoms with van der Waals surface area (Å²) in [5.74, 6) is -1.66. The van der Waals surface area contributed by atoms with Gasteiger partial charge in [-0.1, -0.05) is 34.8 Å². The zero-order valence-electron chi connectivity index (χ0n) is 9.83. The molecule has 20 heavy (non-hydrogen) atoms. The Kier molecular flexibility index (Phi) is 4.48. The van der Waals surface area contributed by atoms with E-state index in [1.54, 1.807) is 0 Å². The number of aliphatic carboxylic acids is 1. The van der Waals surface area contributed by atoms with Crippen LogP contribution in [0.4, 0.5) is 4.39 Å². The molecule has 1 heterocycles. The third kappa shape index (κ3) is 3.20. The molecule has 104 valence electrons. The predicted molar refractivity (Wildman–Crippen MR) is 76.0 cm³/mol. The van der Waals surface area contributed by atoms with Gasteiger partial charge in [0.05, 0.1) is 33.4 Å². The third-order valence-corrected chi connectivity index (χ3v) is 3.75. The molecule has 7 heteroatoms. The van der Waals surface area contributed by atoms with Crippen LogP contribution in [0.15, 0.2) is 24.4 Å². The number of carboxylic acids is 1. The molecule has 0 saturated heterocycles. The lowest BCUT2D eigenvalue weighted by molar-refractivity contribution is -0.136. The molecule has 0 bridgehead atoms. The maximum absolute atomic E-state index is 13.3. The lowest BCUT2D eigenvalue weighted by atomic mass is 10.0. The smallest absolute Gasteiger partial charge is 0.309 e. The molecule has 0 spiro atoms. The monoisotopic (exact) mass is 333 g/mol. The molecule has 3 nitrogen and oxygen atoms in total. The largest absolute Gasteiger partial charge is 0.481 e. The van der Waals surface area contributed by atoms with Crippen LogP contribution in [0.1, 0.15) is 5.69 Å². The van der Waals surface area contributed by atoms with E-state index in [2.05, 4.69) is 4.98 Å². The first-order chi connectivity index (χ1) is 9.38. The van der Waals surface area contributed by atoms with Gasteiger partial charge in [0.25, 0.3) is 0 Å². The van der Waals surface area contributed by atoms with Crippen LogP contribution in [-0.4, -0.2) is 16.1 Å². The van der Waals surface area contributed by atoms with Crippen LogP contribution in [0.25, 0.3) is 11.1 Å². The fraction of sp³-hybridized carbons (Fsp3) is 0.0769. The Bertz CT molecular complexity index is 668. The number of benzene rings is 1. The number of halogens is 4. The Labute approximate surface area is 128 Å². The normalized spacial score (nSPS) is 10.6. The van der Waals surface area contributed by atoms with E-state index >= 15 is 0 Å². The molecule has 0 aliphatic heterocycles. The Balaban J connectivity index is 2.61. The summed E-state index contributed by atoms with van der Waals surface area (Å²) < 4.78 is 13.3. The van der Waals surface area contributed by atoms with Gasteiger partial charge in [0.2, 0.25) is 0 Å². The van der Waals surface area contributed by atoms with Crippen LogP contribution in [0.2, 0.25) is 15.1 Å². The summed E-state index contributed by atoms with van der Waals surface area (Å²) in [4.78, 5) is 14.6. The Hall–Kier alpha value is -1.36. The minimum Gasteiger partial charge on any atom is -0.481 e. The average molecular weight is 335 g/mol. The van der Waals surface area contributed by atoms with Gasteiger partial charge in [0, 0.05) is 5.56 Å². The number of hydrogen-bond acceptors (Lipinski definition) is 2. The minimum absolute atomic E-state index is 0.182. The Morgan fingerprint density at radius 3 is 2.35 bits per heavy atom. The SMILES string of the molecule is O=C(O)Cc1ncc(F)cc1-c1cc(Cl)c(Cl)c(Cl)c1. The molecule has 0 aliphatic carbocycles. The van der Waals surface area contributed by atoms with Crippen molar-refractivity contribution in [3.63, 3.8) is 0 Å². The first-order valence-electron chi connectivity index (χ1n) is 5.39. The highest BCUT2D eigenvalue weighted by Crippen LogP contribution is 2.36. The highest BCUT2D eigenvalue weighted by Gasteiger charge is 2.14. The predicted octanol–water partition coefficient (Wildman–Crippen LogP) is 4.48. The van der Waals surface area contributed by atoms with Gasteiger partial charge in [0.15, 0.2) is 0 Å². The van der Waals surface area contributed by atoms with E-state index in [0.717, 1.165) is 6.20 Å². The number of hydrogen-bond donors (Lipinski definition) is 1. The molecule has 2 rings (SSSR count). The van der Waals surface area contributed by atoms with Crippen molar-refractivity contribution in [2.45, 2.75) is 6.42 Å². The van der Waals surface area contributed by atoms with Crippen LogP contribution in [0, 0.1) is 5.82 Å². The van der Waals surface area contributed by atoms with Crippen molar-refractivity contribution in [2.24, 2.45) is 0 Å². The van der Waals surface area contributed by atoms with E-state index in [9.17, 15) is 9.18 Å². The van der Waals surface area contributed by atoms with E-state index in [1.165, 1.54) is 18.2 Å². The first-order valence-corrected chi connectivity index (χ1v) is 6.53. The van der Waals surface area contributed by atoms with E-state index in [0.29, 0.717) is 11.1 Å². The lowest BCUT2D eigenvalue weighted by Gasteiger charge is -2.09. The molecular formula is C13H7Cl3FNO2. The third-order valence-electron chi connectivity index (χ3n) is 2.55. The maximum atomic E-state index is 13.3. The quantitative estimate of drug-likeness (QED) is 0.842. The topological polar surface area (TPSA) is 50.2 Å². The van der Waals surface area contributed by atoms with Crippen molar-refractivity contribution in [1.29, 1.82) is 0 Å². The Morgan fingerprint density at radius 2 is 1.80 bits per heavy atom. The van der Waals surface area contributed by atoms with Crippen LogP contribution in [-0.2, 0) is 11.2 Å². The summed E-state index contributed by atoms with van der Waals surface area (Å²) in [5.41, 5.74) is 0.980. The summed E-state index contributed by atoms with van der Waals surface area (Å²) in [7, 11) is 0. The van der Waals surface area contributed by atoms with Gasteiger partial charge in [-0.2, -0.15) is 0 Å². The van der Waals surface area contributed by atoms with Crippen molar-refractivity contribution in [3.05, 3.63) is 51.0 Å². The molecule has 0 amide bonds. The molecule has 0 atom stereocenters. The molecule has 1 aromatic heterocycles. The number of carbonyl (C=O) groups is 1. The highest BCUT2D eigenvalue weighted by molar-refractivity contribution is 6.48. The molecule has 1 N–H and O–H groups in total. The number of carboxylic acid groups (broad SMARTS) is 1. The zero-order valence-corrected chi connectivity index (χ0v) is 12.1. The summed E-state index contributed by atoms with van der Waals surface area (Å²) in [6.45, 7) is 0. The summed E-state index contributed by atoms with van der Waals surface area (Å²) in [5, 5.41) is 9.42. The number of rotatable bonds is 3. The summed E-state index contributed by atoms with van der Waals surface area (Å²) in [6, 6.07) is 4.15. The lowest BCUT2D eigenvalue weighted by Crippen LogP contribution is -2.05. The summed E-state index contributed by atoms with van der Waals surface area (Å²) >= 11 is 17.7. The highest BCUT2D eigenvalue weighted by atomic mass is 35.5. The second-order valence-corrected chi connectivity index (χ2v) is 5.16. The van der Waals surface area contributed by atoms with Crippen molar-refractivity contribution < 1.29 is 14.3 Å². The van der Waals surface area contributed by atoms with Gasteiger partial charge < -0.3 is 5.11 Å². The molecule has 0 aliphatic rings. The first kappa shape index (κ1) is 15.0. The van der Waals surface area contributed by atoms with Crippen molar-refractivity contribution in [1.82, 2.24) is 4.98 Å². The van der Waals surface area contributed by atoms with Crippen LogP contribution in [0.3, 0.4) is 0 Å². The van der Waals surface area contributed by atoms with Gasteiger partial charge in [-0.25, -0.2) is 4.39 Å². The standard InChI is InChI=1S/C13H7Cl3FNO2/c14-9-1-6(2-10(15)13(9)16)8-3-7(17)5-18-11(8)4-12(19)20/h1-3,5H,4H2,(H,19,20). The van der Waals surface area contributed by atoms with E-state index < -0.39 is 11.8 Å². The summed E-state index contributed by atoms with van der Waals surface area (Å²) in [6.07, 6.45) is 0.619. The zero-order chi connectivity index (χ0) is 14.9. The van der Waals surface area contributed by atoms with Gasteiger partial charge in [-0.15, -0.1) is 0 Å². The van der Waals surface area contributed by atoms with Gasteiger partial charge in [-0.3, -0.25) is 9.78 Å². The molecule has 2 aromatic rings. The maximum Gasteiger partial charge on any atom is 0.309 e. The average Bonchev–Trinajstić information content (AvgIpc) is 2.37. The van der Waals surface area contributed by atoms with E-state index in [1.807, 2.05) is 0 Å². The van der Waals surface area contributed by atoms with Crippen molar-refractivity contribution in [3.8, 4) is 11.1 Å². The number of pyridine rings is 1.